The fourth-order valence-corrected chi connectivity index (χ4v) is 6.58. The standard InChI is InChI=1S/C33H25N3S/c1-20-18-24(23-10-5-4-6-11-23)19-21(2)30(20)36-29-15-8-7-14-28(29)35-32(36)27-13-9-12-25-26-17-16-22(3)34-33(26)37-31(25)27/h4-19H,1-3H3/i3D3. The molecule has 0 aliphatic rings. The first-order valence-electron chi connectivity index (χ1n) is 13.8. The van der Waals surface area contributed by atoms with Crippen LogP contribution in [0.2, 0.25) is 0 Å². The van der Waals surface area contributed by atoms with Crippen molar-refractivity contribution >= 4 is 42.7 Å². The summed E-state index contributed by atoms with van der Waals surface area (Å²) in [5.41, 5.74) is 8.89. The molecule has 0 spiro atoms. The Balaban J connectivity index is 1.50. The van der Waals surface area contributed by atoms with Crippen molar-refractivity contribution in [2.75, 3.05) is 0 Å². The summed E-state index contributed by atoms with van der Waals surface area (Å²) in [6.07, 6.45) is 0. The molecular weight excluding hydrogens is 470 g/mol. The first-order chi connectivity index (χ1) is 19.3. The Labute approximate surface area is 223 Å². The Bertz CT molecular complexity index is 2050. The van der Waals surface area contributed by atoms with Gasteiger partial charge in [-0.25, -0.2) is 9.97 Å². The molecule has 0 saturated carbocycles. The predicted octanol–water partition coefficient (Wildman–Crippen LogP) is 9.05. The van der Waals surface area contributed by atoms with E-state index in [1.165, 1.54) is 22.5 Å². The van der Waals surface area contributed by atoms with Gasteiger partial charge in [-0.15, -0.1) is 11.3 Å². The molecule has 0 atom stereocenters. The number of nitrogens with zero attached hydrogens (tertiary/aromatic N) is 3. The number of fused-ring (bicyclic) bond motifs is 4. The van der Waals surface area contributed by atoms with Crippen LogP contribution in [0.15, 0.2) is 97.1 Å². The number of imidazole rings is 1. The lowest BCUT2D eigenvalue weighted by Crippen LogP contribution is -2.03. The highest BCUT2D eigenvalue weighted by molar-refractivity contribution is 7.26. The van der Waals surface area contributed by atoms with Crippen LogP contribution in [0.3, 0.4) is 0 Å². The second kappa shape index (κ2) is 8.39. The minimum absolute atomic E-state index is 0.116. The molecule has 178 valence electrons. The summed E-state index contributed by atoms with van der Waals surface area (Å²) in [4.78, 5) is 10.4. The quantitative estimate of drug-likeness (QED) is 0.243. The molecule has 0 radical (unpaired) electrons. The molecule has 0 aliphatic carbocycles. The number of thiophene rings is 1. The van der Waals surface area contributed by atoms with Crippen LogP contribution in [0.25, 0.3) is 59.5 Å². The number of benzene rings is 4. The van der Waals surface area contributed by atoms with Gasteiger partial charge in [-0.1, -0.05) is 54.6 Å². The minimum atomic E-state index is -2.25. The molecule has 4 aromatic carbocycles. The van der Waals surface area contributed by atoms with Gasteiger partial charge in [0.2, 0.25) is 0 Å². The summed E-state index contributed by atoms with van der Waals surface area (Å²) in [5.74, 6) is 0.855. The van der Waals surface area contributed by atoms with E-state index in [1.807, 2.05) is 36.4 Å². The van der Waals surface area contributed by atoms with Crippen molar-refractivity contribution in [3.63, 3.8) is 0 Å². The van der Waals surface area contributed by atoms with Crippen molar-refractivity contribution in [1.82, 2.24) is 14.5 Å². The molecule has 0 amide bonds. The smallest absolute Gasteiger partial charge is 0.147 e. The van der Waals surface area contributed by atoms with Crippen LogP contribution in [-0.4, -0.2) is 14.5 Å². The molecule has 3 heterocycles. The average molecular weight is 499 g/mol. The third kappa shape index (κ3) is 3.48. The van der Waals surface area contributed by atoms with Gasteiger partial charge in [0.05, 0.1) is 16.7 Å². The molecule has 0 saturated heterocycles. The lowest BCUT2D eigenvalue weighted by molar-refractivity contribution is 1.07. The number of pyridine rings is 1. The van der Waals surface area contributed by atoms with Crippen LogP contribution < -0.4 is 0 Å². The maximum atomic E-state index is 7.82. The molecule has 0 unspecified atom stereocenters. The van der Waals surface area contributed by atoms with Crippen LogP contribution in [0, 0.1) is 20.7 Å². The molecule has 0 fully saturated rings. The lowest BCUT2D eigenvalue weighted by atomic mass is 9.98. The van der Waals surface area contributed by atoms with Gasteiger partial charge in [0.1, 0.15) is 10.7 Å². The predicted molar refractivity (Wildman–Crippen MR) is 157 cm³/mol. The topological polar surface area (TPSA) is 30.7 Å². The van der Waals surface area contributed by atoms with E-state index >= 15 is 0 Å². The molecule has 3 aromatic heterocycles. The van der Waals surface area contributed by atoms with E-state index in [2.05, 4.69) is 78.0 Å². The lowest BCUT2D eigenvalue weighted by Gasteiger charge is -2.17. The second-order valence-corrected chi connectivity index (χ2v) is 10.4. The molecule has 7 rings (SSSR count). The van der Waals surface area contributed by atoms with E-state index < -0.39 is 6.85 Å². The molecule has 0 aliphatic heterocycles. The van der Waals surface area contributed by atoms with E-state index in [0.29, 0.717) is 0 Å². The second-order valence-electron chi connectivity index (χ2n) is 9.42. The Morgan fingerprint density at radius 1 is 0.730 bits per heavy atom. The van der Waals surface area contributed by atoms with Gasteiger partial charge in [0.15, 0.2) is 0 Å². The summed E-state index contributed by atoms with van der Waals surface area (Å²) in [7, 11) is 0. The van der Waals surface area contributed by atoms with Crippen molar-refractivity contribution in [2.45, 2.75) is 20.7 Å². The Hall–Kier alpha value is -4.28. The van der Waals surface area contributed by atoms with E-state index in [9.17, 15) is 0 Å². The Kier molecular flexibility index (Phi) is 4.29. The summed E-state index contributed by atoms with van der Waals surface area (Å²) in [6, 6.07) is 32.9. The molecule has 7 aromatic rings. The van der Waals surface area contributed by atoms with Crippen LogP contribution >= 0.6 is 11.3 Å². The Morgan fingerprint density at radius 2 is 1.51 bits per heavy atom. The highest BCUT2D eigenvalue weighted by atomic mass is 32.1. The summed E-state index contributed by atoms with van der Waals surface area (Å²) >= 11 is 1.52. The Morgan fingerprint density at radius 3 is 2.32 bits per heavy atom. The average Bonchev–Trinajstić information content (AvgIpc) is 3.51. The molecule has 0 bridgehead atoms. The number of hydrogen-bond donors (Lipinski definition) is 0. The highest BCUT2D eigenvalue weighted by Gasteiger charge is 2.21. The highest BCUT2D eigenvalue weighted by Crippen LogP contribution is 2.41. The normalized spacial score (nSPS) is 13.2. The SMILES string of the molecule is [2H]C([2H])([2H])c1ccc2c(n1)sc1c(-c3nc4ccccc4n3-c3c(C)cc(-c4ccccc4)cc3C)cccc12. The van der Waals surface area contributed by atoms with Gasteiger partial charge in [0, 0.05) is 30.8 Å². The maximum Gasteiger partial charge on any atom is 0.147 e. The van der Waals surface area contributed by atoms with E-state index in [4.69, 9.17) is 9.10 Å². The zero-order valence-electron chi connectivity index (χ0n) is 23.5. The van der Waals surface area contributed by atoms with Crippen LogP contribution in [-0.2, 0) is 0 Å². The van der Waals surface area contributed by atoms with Gasteiger partial charge in [0.25, 0.3) is 0 Å². The molecule has 4 heteroatoms. The van der Waals surface area contributed by atoms with Crippen LogP contribution in [0.1, 0.15) is 20.9 Å². The van der Waals surface area contributed by atoms with Gasteiger partial charge in [-0.2, -0.15) is 0 Å². The zero-order chi connectivity index (χ0) is 27.6. The number of rotatable bonds is 3. The van der Waals surface area contributed by atoms with Gasteiger partial charge >= 0.3 is 0 Å². The van der Waals surface area contributed by atoms with E-state index in [-0.39, 0.29) is 5.69 Å². The maximum absolute atomic E-state index is 7.82. The fraction of sp³-hybridized carbons (Fsp3) is 0.0909. The van der Waals surface area contributed by atoms with Crippen molar-refractivity contribution < 1.29 is 4.11 Å². The van der Waals surface area contributed by atoms with E-state index in [0.717, 1.165) is 59.5 Å². The van der Waals surface area contributed by atoms with Gasteiger partial charge in [-0.05, 0) is 85.4 Å². The first kappa shape index (κ1) is 18.9. The fourth-order valence-electron chi connectivity index (χ4n) is 5.39. The molecule has 3 nitrogen and oxygen atoms in total. The van der Waals surface area contributed by atoms with E-state index in [1.54, 1.807) is 6.07 Å². The van der Waals surface area contributed by atoms with Gasteiger partial charge < -0.3 is 0 Å². The number of hydrogen-bond acceptors (Lipinski definition) is 3. The summed E-state index contributed by atoms with van der Waals surface area (Å²) < 4.78 is 26.8. The van der Waals surface area contributed by atoms with Crippen LogP contribution in [0.4, 0.5) is 0 Å². The van der Waals surface area contributed by atoms with Crippen molar-refractivity contribution in [1.29, 1.82) is 0 Å². The van der Waals surface area contributed by atoms with Gasteiger partial charge in [-0.3, -0.25) is 4.57 Å². The molecular formula is C33H25N3S. The largest absolute Gasteiger partial charge is 0.292 e. The zero-order valence-corrected chi connectivity index (χ0v) is 21.3. The summed E-state index contributed by atoms with van der Waals surface area (Å²) in [6.45, 7) is 2.07. The number of aromatic nitrogens is 3. The molecule has 0 N–H and O–H groups in total. The van der Waals surface area contributed by atoms with Crippen LogP contribution in [0.5, 0.6) is 0 Å². The number of aryl methyl sites for hydroxylation is 3. The van der Waals surface area contributed by atoms with Crippen molar-refractivity contribution in [2.24, 2.45) is 0 Å². The monoisotopic (exact) mass is 498 g/mol. The summed E-state index contributed by atoms with van der Waals surface area (Å²) in [5, 5.41) is 2.01. The third-order valence-corrected chi connectivity index (χ3v) is 8.14. The number of para-hydroxylation sites is 2. The van der Waals surface area contributed by atoms with Crippen molar-refractivity contribution in [3.8, 4) is 28.2 Å². The minimum Gasteiger partial charge on any atom is -0.292 e. The first-order valence-corrected chi connectivity index (χ1v) is 13.1. The molecule has 37 heavy (non-hydrogen) atoms. The third-order valence-electron chi connectivity index (χ3n) is 6.99. The van der Waals surface area contributed by atoms with Crippen molar-refractivity contribution in [3.05, 3.63) is 114 Å².